The summed E-state index contributed by atoms with van der Waals surface area (Å²) < 4.78 is 0. The van der Waals surface area contributed by atoms with E-state index < -0.39 is 11.9 Å². The first-order valence-electron chi connectivity index (χ1n) is 7.69. The molecule has 6 heteroatoms. The van der Waals surface area contributed by atoms with Crippen molar-refractivity contribution in [2.75, 3.05) is 18.0 Å². The molecule has 1 aromatic carbocycles. The van der Waals surface area contributed by atoms with Gasteiger partial charge in [0.1, 0.15) is 6.54 Å². The first kappa shape index (κ1) is 17.0. The Morgan fingerprint density at radius 1 is 1.30 bits per heavy atom. The second-order valence-electron chi connectivity index (χ2n) is 6.19. The van der Waals surface area contributed by atoms with E-state index in [4.69, 9.17) is 5.11 Å². The zero-order valence-corrected chi connectivity index (χ0v) is 13.7. The third kappa shape index (κ3) is 3.88. The van der Waals surface area contributed by atoms with E-state index >= 15 is 0 Å². The molecule has 0 aliphatic carbocycles. The molecule has 1 fully saturated rings. The molecule has 2 rings (SSSR count). The molecule has 124 valence electrons. The van der Waals surface area contributed by atoms with E-state index in [-0.39, 0.29) is 30.8 Å². The molecule has 0 aromatic heterocycles. The van der Waals surface area contributed by atoms with Crippen molar-refractivity contribution in [1.29, 1.82) is 0 Å². The predicted octanol–water partition coefficient (Wildman–Crippen LogP) is 1.67. The van der Waals surface area contributed by atoms with Crippen LogP contribution in [0, 0.1) is 12.8 Å². The maximum atomic E-state index is 12.6. The van der Waals surface area contributed by atoms with Crippen LogP contribution >= 0.6 is 0 Å². The molecule has 0 radical (unpaired) electrons. The normalized spacial score (nSPS) is 17.7. The van der Waals surface area contributed by atoms with Gasteiger partial charge in [-0.15, -0.1) is 0 Å². The van der Waals surface area contributed by atoms with Gasteiger partial charge in [-0.05, 0) is 32.9 Å². The van der Waals surface area contributed by atoms with Gasteiger partial charge in [0, 0.05) is 24.7 Å². The number of aliphatic carboxylic acids is 1. The van der Waals surface area contributed by atoms with Crippen LogP contribution in [0.4, 0.5) is 5.69 Å². The van der Waals surface area contributed by atoms with Gasteiger partial charge >= 0.3 is 5.97 Å². The Bertz CT molecular complexity index is 610. The summed E-state index contributed by atoms with van der Waals surface area (Å²) in [6.07, 6.45) is 0.121. The molecule has 1 unspecified atom stereocenters. The van der Waals surface area contributed by atoms with Crippen LogP contribution in [0.15, 0.2) is 24.3 Å². The minimum atomic E-state index is -1.05. The molecule has 1 atom stereocenters. The van der Waals surface area contributed by atoms with Crippen molar-refractivity contribution in [3.05, 3.63) is 29.8 Å². The highest BCUT2D eigenvalue weighted by molar-refractivity contribution is 6.00. The Labute approximate surface area is 135 Å². The molecule has 1 aliphatic rings. The lowest BCUT2D eigenvalue weighted by atomic mass is 10.1. The summed E-state index contributed by atoms with van der Waals surface area (Å²) in [6.45, 7) is 5.47. The minimum Gasteiger partial charge on any atom is -0.480 e. The Hall–Kier alpha value is -2.37. The number of hydrogen-bond donors (Lipinski definition) is 1. The van der Waals surface area contributed by atoms with Crippen LogP contribution in [-0.4, -0.2) is 46.9 Å². The number of amides is 2. The van der Waals surface area contributed by atoms with Crippen LogP contribution in [0.3, 0.4) is 0 Å². The fraction of sp³-hybridized carbons (Fsp3) is 0.471. The summed E-state index contributed by atoms with van der Waals surface area (Å²) in [5, 5.41) is 8.96. The number of carbonyl (C=O) groups excluding carboxylic acids is 2. The third-order valence-corrected chi connectivity index (χ3v) is 4.03. The average molecular weight is 318 g/mol. The topological polar surface area (TPSA) is 77.9 Å². The number of nitrogens with zero attached hydrogens (tertiary/aromatic N) is 2. The Morgan fingerprint density at radius 3 is 2.43 bits per heavy atom. The van der Waals surface area contributed by atoms with Crippen molar-refractivity contribution < 1.29 is 19.5 Å². The molecule has 1 heterocycles. The maximum Gasteiger partial charge on any atom is 0.323 e. The van der Waals surface area contributed by atoms with E-state index in [9.17, 15) is 14.4 Å². The SMILES string of the molecule is Cc1ccc(N2CC(C(=O)N(CC(=O)O)C(C)C)CC2=O)cc1. The number of carboxylic acids is 1. The van der Waals surface area contributed by atoms with Crippen LogP contribution in [0.25, 0.3) is 0 Å². The van der Waals surface area contributed by atoms with Crippen molar-refractivity contribution in [3.63, 3.8) is 0 Å². The Morgan fingerprint density at radius 2 is 1.91 bits per heavy atom. The second-order valence-corrected chi connectivity index (χ2v) is 6.19. The largest absolute Gasteiger partial charge is 0.480 e. The van der Waals surface area contributed by atoms with Gasteiger partial charge in [-0.1, -0.05) is 17.7 Å². The highest BCUT2D eigenvalue weighted by Gasteiger charge is 2.38. The van der Waals surface area contributed by atoms with E-state index in [0.29, 0.717) is 6.54 Å². The second kappa shape index (κ2) is 6.81. The lowest BCUT2D eigenvalue weighted by Crippen LogP contribution is -2.44. The van der Waals surface area contributed by atoms with Crippen LogP contribution in [-0.2, 0) is 14.4 Å². The molecule has 1 saturated heterocycles. The summed E-state index contributed by atoms with van der Waals surface area (Å²) in [5.74, 6) is -1.92. The van der Waals surface area contributed by atoms with E-state index in [2.05, 4.69) is 0 Å². The number of aryl methyl sites for hydroxylation is 1. The number of carbonyl (C=O) groups is 3. The lowest BCUT2D eigenvalue weighted by molar-refractivity contribution is -0.147. The van der Waals surface area contributed by atoms with Gasteiger partial charge in [-0.3, -0.25) is 14.4 Å². The van der Waals surface area contributed by atoms with Gasteiger partial charge < -0.3 is 14.9 Å². The zero-order chi connectivity index (χ0) is 17.1. The van der Waals surface area contributed by atoms with Crippen molar-refractivity contribution in [2.45, 2.75) is 33.2 Å². The first-order chi connectivity index (χ1) is 10.8. The molecule has 0 saturated carbocycles. The monoisotopic (exact) mass is 318 g/mol. The molecule has 1 N–H and O–H groups in total. The van der Waals surface area contributed by atoms with Crippen molar-refractivity contribution in [2.24, 2.45) is 5.92 Å². The number of anilines is 1. The lowest BCUT2D eigenvalue weighted by Gasteiger charge is -2.27. The summed E-state index contributed by atoms with van der Waals surface area (Å²) in [4.78, 5) is 38.7. The minimum absolute atomic E-state index is 0.105. The van der Waals surface area contributed by atoms with Gasteiger partial charge in [0.2, 0.25) is 11.8 Å². The Kier molecular flexibility index (Phi) is 5.03. The van der Waals surface area contributed by atoms with E-state index in [1.807, 2.05) is 31.2 Å². The van der Waals surface area contributed by atoms with Gasteiger partial charge in [-0.25, -0.2) is 0 Å². The molecule has 6 nitrogen and oxygen atoms in total. The highest BCUT2D eigenvalue weighted by Crippen LogP contribution is 2.27. The molecule has 1 aliphatic heterocycles. The average Bonchev–Trinajstić information content (AvgIpc) is 2.86. The maximum absolute atomic E-state index is 12.6. The Balaban J connectivity index is 2.13. The number of carboxylic acid groups (broad SMARTS) is 1. The number of rotatable bonds is 5. The number of benzene rings is 1. The van der Waals surface area contributed by atoms with Gasteiger partial charge in [-0.2, -0.15) is 0 Å². The van der Waals surface area contributed by atoms with E-state index in [1.165, 1.54) is 4.90 Å². The van der Waals surface area contributed by atoms with Gasteiger partial charge in [0.25, 0.3) is 0 Å². The summed E-state index contributed by atoms with van der Waals surface area (Å²) in [7, 11) is 0. The molecule has 0 spiro atoms. The zero-order valence-electron chi connectivity index (χ0n) is 13.7. The van der Waals surface area contributed by atoms with Crippen molar-refractivity contribution in [1.82, 2.24) is 4.90 Å². The molecule has 2 amide bonds. The first-order valence-corrected chi connectivity index (χ1v) is 7.69. The fourth-order valence-electron chi connectivity index (χ4n) is 2.74. The van der Waals surface area contributed by atoms with Gasteiger partial charge in [0.15, 0.2) is 0 Å². The van der Waals surface area contributed by atoms with Crippen LogP contribution in [0.2, 0.25) is 0 Å². The molecule has 23 heavy (non-hydrogen) atoms. The van der Waals surface area contributed by atoms with Crippen LogP contribution in [0.1, 0.15) is 25.8 Å². The van der Waals surface area contributed by atoms with E-state index in [1.54, 1.807) is 18.7 Å². The molecular formula is C17H22N2O4. The van der Waals surface area contributed by atoms with Gasteiger partial charge in [0.05, 0.1) is 5.92 Å². The molecule has 0 bridgehead atoms. The van der Waals surface area contributed by atoms with Crippen LogP contribution < -0.4 is 4.90 Å². The summed E-state index contributed by atoms with van der Waals surface area (Å²) in [6, 6.07) is 7.34. The van der Waals surface area contributed by atoms with Crippen molar-refractivity contribution >= 4 is 23.5 Å². The summed E-state index contributed by atoms with van der Waals surface area (Å²) >= 11 is 0. The smallest absolute Gasteiger partial charge is 0.323 e. The van der Waals surface area contributed by atoms with E-state index in [0.717, 1.165) is 11.3 Å². The molecule has 1 aromatic rings. The number of hydrogen-bond acceptors (Lipinski definition) is 3. The third-order valence-electron chi connectivity index (χ3n) is 4.03. The van der Waals surface area contributed by atoms with Crippen molar-refractivity contribution in [3.8, 4) is 0 Å². The summed E-state index contributed by atoms with van der Waals surface area (Å²) in [5.41, 5.74) is 1.87. The predicted molar refractivity (Wildman–Crippen MR) is 86.1 cm³/mol. The quantitative estimate of drug-likeness (QED) is 0.896. The van der Waals surface area contributed by atoms with Crippen LogP contribution in [0.5, 0.6) is 0 Å². The highest BCUT2D eigenvalue weighted by atomic mass is 16.4. The standard InChI is InChI=1S/C17H22N2O4/c1-11(2)18(10-16(21)22)17(23)13-8-15(20)19(9-13)14-6-4-12(3)5-7-14/h4-7,11,13H,8-10H2,1-3H3,(H,21,22). The fourth-order valence-corrected chi connectivity index (χ4v) is 2.74. The molecular weight excluding hydrogens is 296 g/mol.